The highest BCUT2D eigenvalue weighted by atomic mass is 16.5. The second-order valence-corrected chi connectivity index (χ2v) is 4.84. The lowest BCUT2D eigenvalue weighted by Crippen LogP contribution is -2.24. The third-order valence-electron chi connectivity index (χ3n) is 2.56. The predicted octanol–water partition coefficient (Wildman–Crippen LogP) is 3.14. The van der Waals surface area contributed by atoms with Crippen molar-refractivity contribution in [3.05, 3.63) is 12.7 Å². The molecule has 0 fully saturated rings. The number of ether oxygens (including phenoxy) is 1. The minimum Gasteiger partial charge on any atom is -0.462 e. The first kappa shape index (κ1) is 15.9. The fourth-order valence-electron chi connectivity index (χ4n) is 1.68. The molecule has 17 heavy (non-hydrogen) atoms. The van der Waals surface area contributed by atoms with Crippen LogP contribution in [0.5, 0.6) is 0 Å². The van der Waals surface area contributed by atoms with Crippen LogP contribution in [0, 0.1) is 11.8 Å². The van der Waals surface area contributed by atoms with Gasteiger partial charge in [-0.25, -0.2) is 0 Å². The number of rotatable bonds is 9. The van der Waals surface area contributed by atoms with Gasteiger partial charge in [0.15, 0.2) is 0 Å². The predicted molar refractivity (Wildman–Crippen MR) is 68.6 cm³/mol. The summed E-state index contributed by atoms with van der Waals surface area (Å²) in [6.07, 6.45) is 5.06. The molecule has 98 valence electrons. The minimum atomic E-state index is -0.293. The second kappa shape index (κ2) is 8.97. The topological polar surface area (TPSA) is 43.4 Å². The lowest BCUT2D eigenvalue weighted by molar-refractivity contribution is -0.154. The van der Waals surface area contributed by atoms with Crippen LogP contribution in [0.1, 0.15) is 46.5 Å². The molecular formula is C14H24O3. The Hall–Kier alpha value is -1.12. The van der Waals surface area contributed by atoms with E-state index in [1.54, 1.807) is 6.08 Å². The summed E-state index contributed by atoms with van der Waals surface area (Å²) in [7, 11) is 0. The molecule has 0 aliphatic carbocycles. The van der Waals surface area contributed by atoms with Crippen LogP contribution in [0.2, 0.25) is 0 Å². The number of hydrogen-bond donors (Lipinski definition) is 0. The van der Waals surface area contributed by atoms with Gasteiger partial charge in [0.05, 0.1) is 12.0 Å². The van der Waals surface area contributed by atoms with Crippen molar-refractivity contribution in [3.8, 4) is 0 Å². The Morgan fingerprint density at radius 3 is 2.47 bits per heavy atom. The fourth-order valence-corrected chi connectivity index (χ4v) is 1.68. The quantitative estimate of drug-likeness (QED) is 0.353. The van der Waals surface area contributed by atoms with E-state index in [0.717, 1.165) is 19.1 Å². The highest BCUT2D eigenvalue weighted by Crippen LogP contribution is 2.17. The third kappa shape index (κ3) is 7.72. The number of carbonyl (C=O) groups excluding carboxylic acids is 2. The third-order valence-corrected chi connectivity index (χ3v) is 2.56. The largest absolute Gasteiger partial charge is 0.462 e. The number of aldehydes is 1. The van der Waals surface area contributed by atoms with Crippen molar-refractivity contribution >= 4 is 12.3 Å². The van der Waals surface area contributed by atoms with Gasteiger partial charge in [0.25, 0.3) is 0 Å². The SMILES string of the molecule is C=CCC[C@@H](C)OC(=O)[C@@H](CC=O)CC(C)C. The van der Waals surface area contributed by atoms with Crippen LogP contribution in [-0.2, 0) is 14.3 Å². The maximum atomic E-state index is 11.8. The molecule has 0 amide bonds. The van der Waals surface area contributed by atoms with Crippen molar-refractivity contribution in [2.45, 2.75) is 52.6 Å². The van der Waals surface area contributed by atoms with Gasteiger partial charge in [-0.05, 0) is 32.1 Å². The maximum absolute atomic E-state index is 11.8. The van der Waals surface area contributed by atoms with E-state index < -0.39 is 0 Å². The first-order chi connectivity index (χ1) is 8.01. The standard InChI is InChI=1S/C14H24O3/c1-5-6-7-12(4)17-14(16)13(8-9-15)10-11(2)3/h5,9,11-13H,1,6-8,10H2,2-4H3/t12-,13+/m1/s1. The van der Waals surface area contributed by atoms with E-state index in [1.165, 1.54) is 0 Å². The highest BCUT2D eigenvalue weighted by molar-refractivity contribution is 5.75. The Labute approximate surface area is 104 Å². The zero-order chi connectivity index (χ0) is 13.3. The van der Waals surface area contributed by atoms with Gasteiger partial charge in [-0.2, -0.15) is 0 Å². The molecule has 0 radical (unpaired) electrons. The molecule has 0 bridgehead atoms. The molecular weight excluding hydrogens is 216 g/mol. The molecule has 0 rings (SSSR count). The zero-order valence-corrected chi connectivity index (χ0v) is 11.1. The van der Waals surface area contributed by atoms with Gasteiger partial charge in [0.2, 0.25) is 0 Å². The number of hydrogen-bond acceptors (Lipinski definition) is 3. The van der Waals surface area contributed by atoms with Crippen LogP contribution < -0.4 is 0 Å². The van der Waals surface area contributed by atoms with E-state index in [2.05, 4.69) is 6.58 Å². The normalized spacial score (nSPS) is 14.1. The Morgan fingerprint density at radius 2 is 2.00 bits per heavy atom. The average molecular weight is 240 g/mol. The van der Waals surface area contributed by atoms with Crippen molar-refractivity contribution in [2.75, 3.05) is 0 Å². The van der Waals surface area contributed by atoms with E-state index in [9.17, 15) is 9.59 Å². The van der Waals surface area contributed by atoms with Gasteiger partial charge in [-0.15, -0.1) is 6.58 Å². The van der Waals surface area contributed by atoms with Crippen LogP contribution in [-0.4, -0.2) is 18.4 Å². The summed E-state index contributed by atoms with van der Waals surface area (Å²) in [5.41, 5.74) is 0. The van der Waals surface area contributed by atoms with Crippen LogP contribution in [0.15, 0.2) is 12.7 Å². The van der Waals surface area contributed by atoms with Crippen molar-refractivity contribution in [1.82, 2.24) is 0 Å². The van der Waals surface area contributed by atoms with E-state index in [0.29, 0.717) is 12.3 Å². The van der Waals surface area contributed by atoms with E-state index >= 15 is 0 Å². The fraction of sp³-hybridized carbons (Fsp3) is 0.714. The summed E-state index contributed by atoms with van der Waals surface area (Å²) in [4.78, 5) is 22.4. The second-order valence-electron chi connectivity index (χ2n) is 4.84. The molecule has 0 aliphatic rings. The van der Waals surface area contributed by atoms with Gasteiger partial charge >= 0.3 is 5.97 Å². The van der Waals surface area contributed by atoms with Crippen molar-refractivity contribution in [2.24, 2.45) is 11.8 Å². The van der Waals surface area contributed by atoms with Gasteiger partial charge in [0, 0.05) is 6.42 Å². The lowest BCUT2D eigenvalue weighted by Gasteiger charge is -2.19. The first-order valence-electron chi connectivity index (χ1n) is 6.26. The number of allylic oxidation sites excluding steroid dienone is 1. The number of carbonyl (C=O) groups is 2. The molecule has 0 saturated heterocycles. The highest BCUT2D eigenvalue weighted by Gasteiger charge is 2.22. The maximum Gasteiger partial charge on any atom is 0.309 e. The Morgan fingerprint density at radius 1 is 1.35 bits per heavy atom. The monoisotopic (exact) mass is 240 g/mol. The van der Waals surface area contributed by atoms with Gasteiger partial charge in [0.1, 0.15) is 6.29 Å². The van der Waals surface area contributed by atoms with E-state index in [1.807, 2.05) is 20.8 Å². The molecule has 0 aromatic rings. The molecule has 2 atom stereocenters. The summed E-state index contributed by atoms with van der Waals surface area (Å²) in [6.45, 7) is 9.57. The molecule has 3 nitrogen and oxygen atoms in total. The van der Waals surface area contributed by atoms with Gasteiger partial charge in [-0.1, -0.05) is 19.9 Å². The van der Waals surface area contributed by atoms with Crippen molar-refractivity contribution in [1.29, 1.82) is 0 Å². The van der Waals surface area contributed by atoms with E-state index in [4.69, 9.17) is 4.74 Å². The summed E-state index contributed by atoms with van der Waals surface area (Å²) >= 11 is 0. The van der Waals surface area contributed by atoms with Crippen LogP contribution >= 0.6 is 0 Å². The minimum absolute atomic E-state index is 0.109. The van der Waals surface area contributed by atoms with Crippen LogP contribution in [0.4, 0.5) is 0 Å². The molecule has 0 N–H and O–H groups in total. The molecule has 0 heterocycles. The average Bonchev–Trinajstić information content (AvgIpc) is 2.25. The van der Waals surface area contributed by atoms with Crippen molar-refractivity contribution in [3.63, 3.8) is 0 Å². The lowest BCUT2D eigenvalue weighted by atomic mass is 9.95. The molecule has 3 heteroatoms. The summed E-state index contributed by atoms with van der Waals surface area (Å²) in [5, 5.41) is 0. The van der Waals surface area contributed by atoms with Crippen LogP contribution in [0.3, 0.4) is 0 Å². The molecule has 0 aromatic heterocycles. The van der Waals surface area contributed by atoms with Gasteiger partial charge in [-0.3, -0.25) is 4.79 Å². The van der Waals surface area contributed by atoms with E-state index in [-0.39, 0.29) is 24.4 Å². The summed E-state index contributed by atoms with van der Waals surface area (Å²) < 4.78 is 5.32. The Balaban J connectivity index is 4.20. The molecule has 0 aromatic carbocycles. The first-order valence-corrected chi connectivity index (χ1v) is 6.26. The molecule has 0 unspecified atom stereocenters. The molecule has 0 spiro atoms. The van der Waals surface area contributed by atoms with Crippen LogP contribution in [0.25, 0.3) is 0 Å². The summed E-state index contributed by atoms with van der Waals surface area (Å²) in [5.74, 6) is -0.156. The molecule has 0 aliphatic heterocycles. The Kier molecular flexibility index (Phi) is 8.38. The Bertz CT molecular complexity index is 246. The smallest absolute Gasteiger partial charge is 0.309 e. The molecule has 0 saturated carbocycles. The van der Waals surface area contributed by atoms with Gasteiger partial charge < -0.3 is 9.53 Å². The number of esters is 1. The zero-order valence-electron chi connectivity index (χ0n) is 11.1. The summed E-state index contributed by atoms with van der Waals surface area (Å²) in [6, 6.07) is 0. The van der Waals surface area contributed by atoms with Crippen molar-refractivity contribution < 1.29 is 14.3 Å².